The number of aromatic carboxylic acids is 1. The topological polar surface area (TPSA) is 91.3 Å². The van der Waals surface area contributed by atoms with E-state index in [4.69, 9.17) is 5.11 Å². The van der Waals surface area contributed by atoms with Crippen molar-refractivity contribution in [3.05, 3.63) is 11.3 Å². The molecule has 1 aromatic heterocycles. The molecular weight excluding hydrogens is 266 g/mol. The molecule has 0 aromatic carbocycles. The summed E-state index contributed by atoms with van der Waals surface area (Å²) in [5, 5.41) is 15.2. The molecule has 2 rings (SSSR count). The van der Waals surface area contributed by atoms with Crippen LogP contribution < -0.4 is 10.6 Å². The zero-order valence-electron chi connectivity index (χ0n) is 10.7. The number of rotatable bonds is 5. The quantitative estimate of drug-likeness (QED) is 0.764. The lowest BCUT2D eigenvalue weighted by Gasteiger charge is -2.11. The SMILES string of the molecule is Cc1nsc(NC(=O)CNC2CCCC2)c1C(=O)O. The summed E-state index contributed by atoms with van der Waals surface area (Å²) in [5.74, 6) is -1.29. The molecule has 3 N–H and O–H groups in total. The van der Waals surface area contributed by atoms with E-state index in [0.717, 1.165) is 24.4 Å². The molecule has 0 unspecified atom stereocenters. The summed E-state index contributed by atoms with van der Waals surface area (Å²) in [6, 6.07) is 0.410. The predicted molar refractivity (Wildman–Crippen MR) is 72.7 cm³/mol. The smallest absolute Gasteiger partial charge is 0.340 e. The Hall–Kier alpha value is -1.47. The summed E-state index contributed by atoms with van der Waals surface area (Å²) < 4.78 is 3.95. The average Bonchev–Trinajstić information content (AvgIpc) is 2.96. The number of aryl methyl sites for hydroxylation is 1. The fraction of sp³-hybridized carbons (Fsp3) is 0.583. The molecule has 0 bridgehead atoms. The minimum absolute atomic E-state index is 0.0826. The van der Waals surface area contributed by atoms with E-state index < -0.39 is 5.97 Å². The lowest BCUT2D eigenvalue weighted by Crippen LogP contribution is -2.34. The Bertz CT molecular complexity index is 481. The van der Waals surface area contributed by atoms with Gasteiger partial charge in [-0.1, -0.05) is 12.8 Å². The van der Waals surface area contributed by atoms with Gasteiger partial charge in [-0.2, -0.15) is 4.37 Å². The van der Waals surface area contributed by atoms with E-state index >= 15 is 0 Å². The molecule has 0 saturated heterocycles. The maximum atomic E-state index is 11.8. The molecule has 1 saturated carbocycles. The summed E-state index contributed by atoms with van der Waals surface area (Å²) in [6.45, 7) is 1.83. The third kappa shape index (κ3) is 3.51. The van der Waals surface area contributed by atoms with Crippen molar-refractivity contribution in [2.45, 2.75) is 38.6 Å². The van der Waals surface area contributed by atoms with Gasteiger partial charge in [0.25, 0.3) is 0 Å². The number of carboxylic acids is 1. The lowest BCUT2D eigenvalue weighted by molar-refractivity contribution is -0.115. The van der Waals surface area contributed by atoms with Gasteiger partial charge in [0, 0.05) is 6.04 Å². The minimum atomic E-state index is -1.06. The van der Waals surface area contributed by atoms with Gasteiger partial charge in [0.15, 0.2) is 0 Å². The highest BCUT2D eigenvalue weighted by Gasteiger charge is 2.20. The van der Waals surface area contributed by atoms with Gasteiger partial charge in [0.2, 0.25) is 5.91 Å². The third-order valence-electron chi connectivity index (χ3n) is 3.24. The third-order valence-corrected chi connectivity index (χ3v) is 4.09. The second kappa shape index (κ2) is 6.12. The Morgan fingerprint density at radius 3 is 2.74 bits per heavy atom. The molecule has 0 spiro atoms. The van der Waals surface area contributed by atoms with E-state index in [1.165, 1.54) is 12.8 Å². The van der Waals surface area contributed by atoms with E-state index in [0.29, 0.717) is 16.7 Å². The van der Waals surface area contributed by atoms with Crippen LogP contribution in [-0.2, 0) is 4.79 Å². The molecule has 0 aliphatic heterocycles. The highest BCUT2D eigenvalue weighted by Crippen LogP contribution is 2.24. The Balaban J connectivity index is 1.89. The van der Waals surface area contributed by atoms with Crippen molar-refractivity contribution in [1.82, 2.24) is 9.69 Å². The molecule has 1 amide bonds. The molecule has 7 heteroatoms. The van der Waals surface area contributed by atoms with Gasteiger partial charge in [-0.05, 0) is 31.3 Å². The number of hydrogen-bond donors (Lipinski definition) is 3. The first-order valence-electron chi connectivity index (χ1n) is 6.30. The van der Waals surface area contributed by atoms with Crippen molar-refractivity contribution in [2.75, 3.05) is 11.9 Å². The number of hydrogen-bond acceptors (Lipinski definition) is 5. The summed E-state index contributed by atoms with van der Waals surface area (Å²) in [7, 11) is 0. The van der Waals surface area contributed by atoms with E-state index in [-0.39, 0.29) is 18.0 Å². The Labute approximate surface area is 115 Å². The molecule has 1 aliphatic carbocycles. The van der Waals surface area contributed by atoms with Gasteiger partial charge < -0.3 is 15.7 Å². The average molecular weight is 283 g/mol. The van der Waals surface area contributed by atoms with Gasteiger partial charge in [-0.3, -0.25) is 4.79 Å². The van der Waals surface area contributed by atoms with Crippen LogP contribution in [0, 0.1) is 6.92 Å². The molecule has 0 radical (unpaired) electrons. The highest BCUT2D eigenvalue weighted by atomic mass is 32.1. The summed E-state index contributed by atoms with van der Waals surface area (Å²) >= 11 is 1.00. The van der Waals surface area contributed by atoms with Crippen LogP contribution in [-0.4, -0.2) is 33.9 Å². The van der Waals surface area contributed by atoms with E-state index in [1.807, 2.05) is 0 Å². The molecule has 1 aliphatic rings. The Kier molecular flexibility index (Phi) is 4.49. The minimum Gasteiger partial charge on any atom is -0.478 e. The number of anilines is 1. The normalized spacial score (nSPS) is 15.6. The lowest BCUT2D eigenvalue weighted by atomic mass is 10.2. The molecule has 1 aromatic rings. The van der Waals surface area contributed by atoms with Gasteiger partial charge in [-0.25, -0.2) is 4.79 Å². The number of aromatic nitrogens is 1. The molecule has 1 fully saturated rings. The van der Waals surface area contributed by atoms with Crippen LogP contribution in [0.3, 0.4) is 0 Å². The van der Waals surface area contributed by atoms with Crippen molar-refractivity contribution < 1.29 is 14.7 Å². The zero-order valence-corrected chi connectivity index (χ0v) is 11.5. The molecule has 19 heavy (non-hydrogen) atoms. The maximum absolute atomic E-state index is 11.8. The number of nitrogens with zero attached hydrogens (tertiary/aromatic N) is 1. The fourth-order valence-corrected chi connectivity index (χ4v) is 3.05. The van der Waals surface area contributed by atoms with Crippen molar-refractivity contribution in [1.29, 1.82) is 0 Å². The van der Waals surface area contributed by atoms with Crippen molar-refractivity contribution >= 4 is 28.4 Å². The first kappa shape index (κ1) is 14.0. The Morgan fingerprint density at radius 1 is 1.42 bits per heavy atom. The second-order valence-electron chi connectivity index (χ2n) is 4.69. The van der Waals surface area contributed by atoms with Crippen molar-refractivity contribution in [3.63, 3.8) is 0 Å². The van der Waals surface area contributed by atoms with Crippen molar-refractivity contribution in [2.24, 2.45) is 0 Å². The molecule has 104 valence electrons. The largest absolute Gasteiger partial charge is 0.478 e. The first-order valence-corrected chi connectivity index (χ1v) is 7.08. The summed E-state index contributed by atoms with van der Waals surface area (Å²) in [6.07, 6.45) is 4.62. The zero-order chi connectivity index (χ0) is 13.8. The van der Waals surface area contributed by atoms with Crippen LogP contribution in [0.5, 0.6) is 0 Å². The number of carbonyl (C=O) groups is 2. The van der Waals surface area contributed by atoms with Gasteiger partial charge in [0.05, 0.1) is 12.2 Å². The van der Waals surface area contributed by atoms with Gasteiger partial charge in [-0.15, -0.1) is 0 Å². The molecule has 1 heterocycles. The summed E-state index contributed by atoms with van der Waals surface area (Å²) in [4.78, 5) is 22.8. The van der Waals surface area contributed by atoms with Crippen LogP contribution in [0.15, 0.2) is 0 Å². The van der Waals surface area contributed by atoms with Crippen LogP contribution in [0.1, 0.15) is 41.7 Å². The second-order valence-corrected chi connectivity index (χ2v) is 5.46. The maximum Gasteiger partial charge on any atom is 0.340 e. The summed E-state index contributed by atoms with van der Waals surface area (Å²) in [5.41, 5.74) is 0.510. The van der Waals surface area contributed by atoms with Crippen LogP contribution >= 0.6 is 11.5 Å². The molecular formula is C12H17N3O3S. The van der Waals surface area contributed by atoms with E-state index in [9.17, 15) is 9.59 Å². The number of amides is 1. The fourth-order valence-electron chi connectivity index (χ4n) is 2.24. The molecule has 0 atom stereocenters. The Morgan fingerprint density at radius 2 is 2.11 bits per heavy atom. The highest BCUT2D eigenvalue weighted by molar-refractivity contribution is 7.11. The van der Waals surface area contributed by atoms with Gasteiger partial charge in [0.1, 0.15) is 10.6 Å². The van der Waals surface area contributed by atoms with Gasteiger partial charge >= 0.3 is 5.97 Å². The monoisotopic (exact) mass is 283 g/mol. The molecule has 6 nitrogen and oxygen atoms in total. The van der Waals surface area contributed by atoms with Crippen LogP contribution in [0.25, 0.3) is 0 Å². The standard InChI is InChI=1S/C12H17N3O3S/c1-7-10(12(17)18)11(19-15-7)14-9(16)6-13-8-4-2-3-5-8/h8,13H,2-6H2,1H3,(H,14,16)(H,17,18). The predicted octanol–water partition coefficient (Wildman–Crippen LogP) is 1.62. The van der Waals surface area contributed by atoms with Crippen molar-refractivity contribution in [3.8, 4) is 0 Å². The number of carbonyl (C=O) groups excluding carboxylic acids is 1. The number of nitrogens with one attached hydrogen (secondary N) is 2. The van der Waals surface area contributed by atoms with Crippen LogP contribution in [0.4, 0.5) is 5.00 Å². The van der Waals surface area contributed by atoms with E-state index in [2.05, 4.69) is 15.0 Å². The first-order chi connectivity index (χ1) is 9.08. The van der Waals surface area contributed by atoms with Crippen LogP contribution in [0.2, 0.25) is 0 Å². The van der Waals surface area contributed by atoms with E-state index in [1.54, 1.807) is 6.92 Å². The number of carboxylic acid groups (broad SMARTS) is 1.